The van der Waals surface area contributed by atoms with Crippen molar-refractivity contribution in [2.24, 2.45) is 0 Å². The van der Waals surface area contributed by atoms with Gasteiger partial charge in [-0.1, -0.05) is 30.3 Å². The Morgan fingerprint density at radius 2 is 1.83 bits per heavy atom. The Morgan fingerprint density at radius 3 is 2.60 bits per heavy atom. The molecule has 2 heterocycles. The van der Waals surface area contributed by atoms with Crippen LogP contribution in [0.5, 0.6) is 5.75 Å². The van der Waals surface area contributed by atoms with Crippen molar-refractivity contribution in [3.63, 3.8) is 0 Å². The third kappa shape index (κ3) is 4.38. The van der Waals surface area contributed by atoms with Gasteiger partial charge in [-0.2, -0.15) is 0 Å². The highest BCUT2D eigenvalue weighted by Gasteiger charge is 2.15. The van der Waals surface area contributed by atoms with Crippen LogP contribution in [0.3, 0.4) is 0 Å². The van der Waals surface area contributed by atoms with E-state index in [0.717, 1.165) is 44.2 Å². The molecule has 0 radical (unpaired) electrons. The molecule has 0 saturated carbocycles. The first-order valence-corrected chi connectivity index (χ1v) is 11.1. The molecular formula is C29H23FN2O3. The number of methoxy groups -OCH3 is 1. The summed E-state index contributed by atoms with van der Waals surface area (Å²) in [7, 11) is 1.58. The molecule has 5 rings (SSSR count). The van der Waals surface area contributed by atoms with Gasteiger partial charge in [0.25, 0.3) is 0 Å². The fourth-order valence-electron chi connectivity index (χ4n) is 4.24. The largest absolute Gasteiger partial charge is 0.496 e. The second-order valence-corrected chi connectivity index (χ2v) is 8.35. The van der Waals surface area contributed by atoms with Crippen LogP contribution in [0.1, 0.15) is 18.2 Å². The Morgan fingerprint density at radius 1 is 1.06 bits per heavy atom. The van der Waals surface area contributed by atoms with E-state index < -0.39 is 0 Å². The number of nitrogens with zero attached hydrogens (tertiary/aromatic N) is 1. The molecule has 0 aliphatic carbocycles. The number of anilines is 1. The van der Waals surface area contributed by atoms with Gasteiger partial charge in [-0.15, -0.1) is 0 Å². The summed E-state index contributed by atoms with van der Waals surface area (Å²) in [5, 5.41) is 4.71. The van der Waals surface area contributed by atoms with Crippen LogP contribution in [0, 0.1) is 12.7 Å². The fourth-order valence-corrected chi connectivity index (χ4v) is 4.24. The molecule has 35 heavy (non-hydrogen) atoms. The number of ether oxygens (including phenoxy) is 1. The Labute approximate surface area is 201 Å². The lowest BCUT2D eigenvalue weighted by Crippen LogP contribution is -2.09. The number of amides is 1. The molecule has 2 aromatic heterocycles. The van der Waals surface area contributed by atoms with Crippen LogP contribution < -0.4 is 10.1 Å². The summed E-state index contributed by atoms with van der Waals surface area (Å²) in [4.78, 5) is 17.5. The number of rotatable bonds is 5. The normalized spacial score (nSPS) is 11.7. The van der Waals surface area contributed by atoms with Crippen LogP contribution in [0.2, 0.25) is 0 Å². The lowest BCUT2D eigenvalue weighted by atomic mass is 9.99. The predicted octanol–water partition coefficient (Wildman–Crippen LogP) is 7.15. The standard InChI is InChI=1S/C29H23FN2O3/c1-17(12-29(33)32-26-13-18(2)31-25-7-5-4-6-21(25)26)22-14-23-24(19-8-10-20(30)11-9-19)16-35-28(23)15-27(22)34-3/h4-16H,1-3H3,(H,31,32,33)/b17-12+. The number of hydrogen-bond acceptors (Lipinski definition) is 4. The number of para-hydroxylation sites is 1. The van der Waals surface area contributed by atoms with Gasteiger partial charge in [-0.25, -0.2) is 4.39 Å². The lowest BCUT2D eigenvalue weighted by Gasteiger charge is -2.11. The maximum Gasteiger partial charge on any atom is 0.248 e. The number of nitrogens with one attached hydrogen (secondary N) is 1. The minimum absolute atomic E-state index is 0.258. The second kappa shape index (κ2) is 9.06. The topological polar surface area (TPSA) is 64.4 Å². The Balaban J connectivity index is 1.51. The van der Waals surface area contributed by atoms with Crippen molar-refractivity contribution in [3.8, 4) is 16.9 Å². The number of fused-ring (bicyclic) bond motifs is 2. The SMILES string of the molecule is COc1cc2occ(-c3ccc(F)cc3)c2cc1/C(C)=C/C(=O)Nc1cc(C)nc2ccccc12. The van der Waals surface area contributed by atoms with Gasteiger partial charge in [0.2, 0.25) is 5.91 Å². The zero-order valence-electron chi connectivity index (χ0n) is 19.6. The Bertz CT molecular complexity index is 1600. The second-order valence-electron chi connectivity index (χ2n) is 8.35. The van der Waals surface area contributed by atoms with Crippen LogP contribution in [0.15, 0.2) is 83.5 Å². The Kier molecular flexibility index (Phi) is 5.79. The number of benzene rings is 3. The average Bonchev–Trinajstić information content (AvgIpc) is 3.26. The van der Waals surface area contributed by atoms with Gasteiger partial charge in [0.1, 0.15) is 17.1 Å². The van der Waals surface area contributed by atoms with Gasteiger partial charge >= 0.3 is 0 Å². The third-order valence-electron chi connectivity index (χ3n) is 5.93. The summed E-state index contributed by atoms with van der Waals surface area (Å²) in [5.41, 5.74) is 6.14. The van der Waals surface area contributed by atoms with Crippen molar-refractivity contribution in [1.82, 2.24) is 4.98 Å². The highest BCUT2D eigenvalue weighted by atomic mass is 19.1. The van der Waals surface area contributed by atoms with Crippen molar-refractivity contribution in [2.45, 2.75) is 13.8 Å². The van der Waals surface area contributed by atoms with E-state index in [-0.39, 0.29) is 11.7 Å². The van der Waals surface area contributed by atoms with Gasteiger partial charge in [-0.05, 0) is 55.3 Å². The minimum atomic E-state index is -0.300. The summed E-state index contributed by atoms with van der Waals surface area (Å²) >= 11 is 0. The van der Waals surface area contributed by atoms with Crippen molar-refractivity contribution >= 4 is 39.0 Å². The van der Waals surface area contributed by atoms with Crippen LogP contribution >= 0.6 is 0 Å². The molecule has 1 N–H and O–H groups in total. The van der Waals surface area contributed by atoms with Gasteiger partial charge in [0.05, 0.1) is 24.6 Å². The molecular weight excluding hydrogens is 443 g/mol. The maximum absolute atomic E-state index is 13.4. The summed E-state index contributed by atoms with van der Waals surface area (Å²) in [6.45, 7) is 3.75. The molecule has 0 saturated heterocycles. The molecule has 1 amide bonds. The zero-order valence-corrected chi connectivity index (χ0v) is 19.6. The number of hydrogen-bond donors (Lipinski definition) is 1. The molecule has 6 heteroatoms. The highest BCUT2D eigenvalue weighted by molar-refractivity contribution is 6.09. The summed E-state index contributed by atoms with van der Waals surface area (Å²) in [6, 6.07) is 19.5. The molecule has 5 nitrogen and oxygen atoms in total. The van der Waals surface area contributed by atoms with Crippen molar-refractivity contribution in [1.29, 1.82) is 0 Å². The molecule has 0 fully saturated rings. The number of furan rings is 1. The monoisotopic (exact) mass is 466 g/mol. The average molecular weight is 467 g/mol. The van der Waals surface area contributed by atoms with Crippen LogP contribution in [-0.4, -0.2) is 18.0 Å². The Hall–Kier alpha value is -4.45. The van der Waals surface area contributed by atoms with Crippen molar-refractivity contribution < 1.29 is 18.3 Å². The van der Waals surface area contributed by atoms with Gasteiger partial charge in [0.15, 0.2) is 0 Å². The molecule has 0 unspecified atom stereocenters. The number of aromatic nitrogens is 1. The third-order valence-corrected chi connectivity index (χ3v) is 5.93. The van der Waals surface area contributed by atoms with Gasteiger partial charge in [0, 0.05) is 39.7 Å². The number of carbonyl (C=O) groups is 1. The molecule has 0 atom stereocenters. The summed E-state index contributed by atoms with van der Waals surface area (Å²) < 4.78 is 24.7. The number of halogens is 1. The fraction of sp³-hybridized carbons (Fsp3) is 0.103. The highest BCUT2D eigenvalue weighted by Crippen LogP contribution is 2.37. The maximum atomic E-state index is 13.4. The lowest BCUT2D eigenvalue weighted by molar-refractivity contribution is -0.111. The number of carbonyl (C=O) groups excluding carboxylic acids is 1. The number of pyridine rings is 1. The zero-order chi connectivity index (χ0) is 24.5. The molecule has 0 aliphatic heterocycles. The molecule has 3 aromatic carbocycles. The molecule has 5 aromatic rings. The smallest absolute Gasteiger partial charge is 0.248 e. The van der Waals surface area contributed by atoms with Gasteiger partial charge in [-0.3, -0.25) is 9.78 Å². The summed E-state index contributed by atoms with van der Waals surface area (Å²) in [5.74, 6) is 0.0292. The summed E-state index contributed by atoms with van der Waals surface area (Å²) in [6.07, 6.45) is 3.19. The van der Waals surface area contributed by atoms with Crippen LogP contribution in [-0.2, 0) is 4.79 Å². The first-order valence-electron chi connectivity index (χ1n) is 11.1. The first-order chi connectivity index (χ1) is 16.9. The van der Waals surface area contributed by atoms with E-state index in [1.807, 2.05) is 50.2 Å². The number of aryl methyl sites for hydroxylation is 1. The molecule has 0 aliphatic rings. The number of allylic oxidation sites excluding steroid dienone is 1. The molecule has 0 spiro atoms. The minimum Gasteiger partial charge on any atom is -0.496 e. The molecule has 174 valence electrons. The van der Waals surface area contributed by atoms with E-state index in [0.29, 0.717) is 17.0 Å². The van der Waals surface area contributed by atoms with E-state index in [4.69, 9.17) is 9.15 Å². The van der Waals surface area contributed by atoms with E-state index in [1.54, 1.807) is 37.6 Å². The van der Waals surface area contributed by atoms with Gasteiger partial charge < -0.3 is 14.5 Å². The predicted molar refractivity (Wildman–Crippen MR) is 137 cm³/mol. The van der Waals surface area contributed by atoms with E-state index >= 15 is 0 Å². The molecule has 0 bridgehead atoms. The van der Waals surface area contributed by atoms with Crippen LogP contribution in [0.4, 0.5) is 10.1 Å². The van der Waals surface area contributed by atoms with E-state index in [2.05, 4.69) is 10.3 Å². The van der Waals surface area contributed by atoms with E-state index in [1.165, 1.54) is 12.1 Å². The first kappa shape index (κ1) is 22.3. The van der Waals surface area contributed by atoms with Crippen molar-refractivity contribution in [3.05, 3.63) is 96.1 Å². The quantitative estimate of drug-likeness (QED) is 0.280. The van der Waals surface area contributed by atoms with Crippen molar-refractivity contribution in [2.75, 3.05) is 12.4 Å². The van der Waals surface area contributed by atoms with Crippen LogP contribution in [0.25, 0.3) is 38.6 Å². The van der Waals surface area contributed by atoms with E-state index in [9.17, 15) is 9.18 Å².